The molecular weight excluding hydrogens is 314 g/mol. The monoisotopic (exact) mass is 343 g/mol. The van der Waals surface area contributed by atoms with Gasteiger partial charge in [-0.05, 0) is 50.6 Å². The number of likely N-dealkylation sites (tertiary alicyclic amines) is 2. The molecule has 2 heterocycles. The topological polar surface area (TPSA) is 66.6 Å². The van der Waals surface area contributed by atoms with E-state index in [4.69, 9.17) is 5.73 Å². The van der Waals surface area contributed by atoms with Gasteiger partial charge < -0.3 is 10.6 Å². The van der Waals surface area contributed by atoms with Gasteiger partial charge in [0.2, 0.25) is 11.8 Å². The maximum atomic E-state index is 12.4. The van der Waals surface area contributed by atoms with Crippen molar-refractivity contribution < 1.29 is 9.59 Å². The molecule has 3 rings (SSSR count). The number of nitrogens with zero attached hydrogens (tertiary/aromatic N) is 2. The summed E-state index contributed by atoms with van der Waals surface area (Å²) in [7, 11) is 0. The van der Waals surface area contributed by atoms with Crippen molar-refractivity contribution in [2.45, 2.75) is 57.0 Å². The maximum Gasteiger partial charge on any atom is 0.234 e. The molecule has 2 N–H and O–H groups in total. The zero-order chi connectivity index (χ0) is 17.6. The van der Waals surface area contributed by atoms with Crippen molar-refractivity contribution in [3.63, 3.8) is 0 Å². The summed E-state index contributed by atoms with van der Waals surface area (Å²) >= 11 is 0. The Morgan fingerprint density at radius 2 is 1.76 bits per heavy atom. The van der Waals surface area contributed by atoms with Gasteiger partial charge in [-0.3, -0.25) is 14.5 Å². The number of hydrogen-bond donors (Lipinski definition) is 1. The lowest BCUT2D eigenvalue weighted by atomic mass is 10.0. The molecule has 0 saturated carbocycles. The summed E-state index contributed by atoms with van der Waals surface area (Å²) in [6.45, 7) is 2.57. The van der Waals surface area contributed by atoms with E-state index in [-0.39, 0.29) is 17.9 Å². The molecule has 0 radical (unpaired) electrons. The van der Waals surface area contributed by atoms with E-state index in [0.29, 0.717) is 12.5 Å². The maximum absolute atomic E-state index is 12.4. The van der Waals surface area contributed by atoms with Crippen molar-refractivity contribution in [3.8, 4) is 0 Å². The predicted octanol–water partition coefficient (Wildman–Crippen LogP) is 1.95. The summed E-state index contributed by atoms with van der Waals surface area (Å²) in [6, 6.07) is 10.6. The molecule has 2 amide bonds. The van der Waals surface area contributed by atoms with Crippen LogP contribution in [0.5, 0.6) is 0 Å². The van der Waals surface area contributed by atoms with E-state index >= 15 is 0 Å². The molecule has 0 aliphatic carbocycles. The Kier molecular flexibility index (Phi) is 6.08. The molecule has 5 heteroatoms. The van der Waals surface area contributed by atoms with E-state index in [1.54, 1.807) is 0 Å². The highest BCUT2D eigenvalue weighted by Crippen LogP contribution is 2.26. The van der Waals surface area contributed by atoms with E-state index in [1.165, 1.54) is 5.56 Å². The van der Waals surface area contributed by atoms with Crippen molar-refractivity contribution in [1.82, 2.24) is 9.80 Å². The highest BCUT2D eigenvalue weighted by molar-refractivity contribution is 5.80. The molecule has 1 aromatic carbocycles. The highest BCUT2D eigenvalue weighted by atomic mass is 16.2. The van der Waals surface area contributed by atoms with Gasteiger partial charge in [0.1, 0.15) is 0 Å². The van der Waals surface area contributed by atoms with E-state index in [2.05, 4.69) is 17.0 Å². The van der Waals surface area contributed by atoms with Crippen molar-refractivity contribution >= 4 is 11.8 Å². The fraction of sp³-hybridized carbons (Fsp3) is 0.600. The van der Waals surface area contributed by atoms with Crippen LogP contribution in [0.4, 0.5) is 0 Å². The lowest BCUT2D eigenvalue weighted by Crippen LogP contribution is -2.51. The minimum atomic E-state index is -0.197. The zero-order valence-corrected chi connectivity index (χ0v) is 14.9. The number of rotatable bonds is 6. The molecule has 2 saturated heterocycles. The van der Waals surface area contributed by atoms with Gasteiger partial charge in [0.25, 0.3) is 0 Å². The number of aryl methyl sites for hydroxylation is 1. The summed E-state index contributed by atoms with van der Waals surface area (Å²) in [5, 5.41) is 0. The third-order valence-corrected chi connectivity index (χ3v) is 5.61. The number of benzene rings is 1. The summed E-state index contributed by atoms with van der Waals surface area (Å²) in [5.41, 5.74) is 6.82. The summed E-state index contributed by atoms with van der Waals surface area (Å²) in [6.07, 6.45) is 6.31. The first-order valence-electron chi connectivity index (χ1n) is 9.52. The first-order valence-corrected chi connectivity index (χ1v) is 9.52. The lowest BCUT2D eigenvalue weighted by molar-refractivity contribution is -0.133. The van der Waals surface area contributed by atoms with Gasteiger partial charge in [0, 0.05) is 25.6 Å². The van der Waals surface area contributed by atoms with E-state index < -0.39 is 0 Å². The molecule has 2 aliphatic heterocycles. The number of carbonyl (C=O) groups is 2. The smallest absolute Gasteiger partial charge is 0.234 e. The van der Waals surface area contributed by atoms with E-state index in [0.717, 1.165) is 58.2 Å². The van der Waals surface area contributed by atoms with Crippen LogP contribution in [0.3, 0.4) is 0 Å². The predicted molar refractivity (Wildman–Crippen MR) is 97.9 cm³/mol. The average Bonchev–Trinajstić information content (AvgIpc) is 3.13. The van der Waals surface area contributed by atoms with E-state index in [1.807, 2.05) is 23.1 Å². The van der Waals surface area contributed by atoms with Crippen LogP contribution in [0, 0.1) is 0 Å². The fourth-order valence-electron chi connectivity index (χ4n) is 4.23. The first-order chi connectivity index (χ1) is 12.1. The molecule has 0 spiro atoms. The van der Waals surface area contributed by atoms with E-state index in [9.17, 15) is 9.59 Å². The molecule has 2 aliphatic rings. The zero-order valence-electron chi connectivity index (χ0n) is 14.9. The second kappa shape index (κ2) is 8.48. The Morgan fingerprint density at radius 1 is 1.04 bits per heavy atom. The van der Waals surface area contributed by atoms with Gasteiger partial charge in [-0.2, -0.15) is 0 Å². The molecule has 25 heavy (non-hydrogen) atoms. The number of amides is 2. The van der Waals surface area contributed by atoms with Crippen LogP contribution in [0.2, 0.25) is 0 Å². The second-order valence-corrected chi connectivity index (χ2v) is 7.25. The molecule has 1 atom stereocenters. The van der Waals surface area contributed by atoms with Crippen LogP contribution in [-0.2, 0) is 16.0 Å². The van der Waals surface area contributed by atoms with Crippen molar-refractivity contribution in [2.75, 3.05) is 19.6 Å². The van der Waals surface area contributed by atoms with Gasteiger partial charge in [0.05, 0.1) is 6.04 Å². The van der Waals surface area contributed by atoms with Crippen LogP contribution in [-0.4, -0.2) is 53.3 Å². The molecule has 136 valence electrons. The van der Waals surface area contributed by atoms with Crippen LogP contribution < -0.4 is 5.73 Å². The van der Waals surface area contributed by atoms with Crippen LogP contribution in [0.1, 0.15) is 44.1 Å². The average molecular weight is 343 g/mol. The van der Waals surface area contributed by atoms with Crippen molar-refractivity contribution in [1.29, 1.82) is 0 Å². The van der Waals surface area contributed by atoms with Gasteiger partial charge in [-0.15, -0.1) is 0 Å². The second-order valence-electron chi connectivity index (χ2n) is 7.25. The van der Waals surface area contributed by atoms with Crippen molar-refractivity contribution in [2.24, 2.45) is 5.73 Å². The Balaban J connectivity index is 1.41. The Hall–Kier alpha value is -1.88. The summed E-state index contributed by atoms with van der Waals surface area (Å²) < 4.78 is 0. The van der Waals surface area contributed by atoms with Crippen molar-refractivity contribution in [3.05, 3.63) is 35.9 Å². The van der Waals surface area contributed by atoms with Crippen LogP contribution >= 0.6 is 0 Å². The van der Waals surface area contributed by atoms with Crippen LogP contribution in [0.25, 0.3) is 0 Å². The molecule has 1 aromatic rings. The molecule has 0 aromatic heterocycles. The van der Waals surface area contributed by atoms with Gasteiger partial charge in [-0.1, -0.05) is 30.3 Å². The summed E-state index contributed by atoms with van der Waals surface area (Å²) in [4.78, 5) is 28.3. The molecule has 0 unspecified atom stereocenters. The van der Waals surface area contributed by atoms with Gasteiger partial charge in [-0.25, -0.2) is 0 Å². The Bertz CT molecular complexity index is 582. The van der Waals surface area contributed by atoms with Gasteiger partial charge in [0.15, 0.2) is 0 Å². The quantitative estimate of drug-likeness (QED) is 0.858. The third kappa shape index (κ3) is 4.60. The minimum absolute atomic E-state index is 0.0990. The lowest BCUT2D eigenvalue weighted by Gasteiger charge is -2.38. The number of piperidine rings is 1. The first kappa shape index (κ1) is 17.9. The fourth-order valence-corrected chi connectivity index (χ4v) is 4.23. The number of nitrogens with two attached hydrogens (primary N) is 1. The number of carbonyl (C=O) groups excluding carboxylic acids is 2. The SMILES string of the molecule is NC(=O)[C@@H]1CCCN1C1CCN(C(=O)CCCc2ccccc2)CC1. The molecule has 2 fully saturated rings. The summed E-state index contributed by atoms with van der Waals surface area (Å²) in [5.74, 6) is 0.0687. The van der Waals surface area contributed by atoms with Gasteiger partial charge >= 0.3 is 0 Å². The van der Waals surface area contributed by atoms with Crippen LogP contribution in [0.15, 0.2) is 30.3 Å². The number of hydrogen-bond acceptors (Lipinski definition) is 3. The highest BCUT2D eigenvalue weighted by Gasteiger charge is 2.36. The number of primary amides is 1. The molecule has 5 nitrogen and oxygen atoms in total. The largest absolute Gasteiger partial charge is 0.368 e. The third-order valence-electron chi connectivity index (χ3n) is 5.61. The Morgan fingerprint density at radius 3 is 2.44 bits per heavy atom. The minimum Gasteiger partial charge on any atom is -0.368 e. The molecular formula is C20H29N3O2. The Labute approximate surface area is 150 Å². The standard InChI is InChI=1S/C20H29N3O2/c21-20(25)18-9-5-13-23(18)17-11-14-22(15-12-17)19(24)10-4-8-16-6-2-1-3-7-16/h1-3,6-7,17-18H,4-5,8-15H2,(H2,21,25)/t18-/m0/s1. The molecule has 0 bridgehead atoms. The normalized spacial score (nSPS) is 22.2.